The Morgan fingerprint density at radius 3 is 2.68 bits per heavy atom. The Kier molecular flexibility index (Phi) is 2.95. The molecule has 0 unspecified atom stereocenters. The third-order valence-electron chi connectivity index (χ3n) is 6.22. The van der Waals surface area contributed by atoms with Gasteiger partial charge >= 0.3 is 5.97 Å². The number of esters is 1. The zero-order chi connectivity index (χ0) is 13.9. The van der Waals surface area contributed by atoms with Gasteiger partial charge in [-0.2, -0.15) is 0 Å². The molecule has 1 saturated heterocycles. The van der Waals surface area contributed by atoms with Crippen LogP contribution < -0.4 is 0 Å². The number of ether oxygens (including phenoxy) is 1. The molecule has 0 bridgehead atoms. The van der Waals surface area contributed by atoms with Gasteiger partial charge in [-0.05, 0) is 18.8 Å². The highest BCUT2D eigenvalue weighted by Gasteiger charge is 2.61. The van der Waals surface area contributed by atoms with E-state index in [1.807, 2.05) is 13.8 Å². The van der Waals surface area contributed by atoms with Crippen LogP contribution in [-0.4, -0.2) is 34.5 Å². The second-order valence-corrected chi connectivity index (χ2v) is 7.10. The van der Waals surface area contributed by atoms with Crippen LogP contribution in [0.25, 0.3) is 0 Å². The fraction of sp³-hybridized carbons (Fsp3) is 0.933. The molecule has 2 N–H and O–H groups in total. The van der Waals surface area contributed by atoms with Crippen LogP contribution in [0.5, 0.6) is 0 Å². The van der Waals surface area contributed by atoms with Gasteiger partial charge in [-0.25, -0.2) is 0 Å². The van der Waals surface area contributed by atoms with Gasteiger partial charge < -0.3 is 14.9 Å². The highest BCUT2D eigenvalue weighted by Crippen LogP contribution is 2.57. The largest absolute Gasteiger partial charge is 0.462 e. The predicted molar refractivity (Wildman–Crippen MR) is 69.2 cm³/mol. The minimum atomic E-state index is -0.501. The molecule has 0 radical (unpaired) electrons. The van der Waals surface area contributed by atoms with Crippen molar-refractivity contribution < 1.29 is 19.7 Å². The van der Waals surface area contributed by atoms with Crippen LogP contribution >= 0.6 is 0 Å². The van der Waals surface area contributed by atoms with Crippen molar-refractivity contribution in [2.45, 2.75) is 58.3 Å². The van der Waals surface area contributed by atoms with E-state index in [-0.39, 0.29) is 41.2 Å². The summed E-state index contributed by atoms with van der Waals surface area (Å²) in [7, 11) is 0. The summed E-state index contributed by atoms with van der Waals surface area (Å²) >= 11 is 0. The summed E-state index contributed by atoms with van der Waals surface area (Å²) in [4.78, 5) is 11.8. The molecule has 19 heavy (non-hydrogen) atoms. The molecule has 108 valence electrons. The number of hydrogen-bond acceptors (Lipinski definition) is 4. The summed E-state index contributed by atoms with van der Waals surface area (Å²) in [5.41, 5.74) is -0.232. The molecule has 8 atom stereocenters. The maximum atomic E-state index is 11.8. The Balaban J connectivity index is 1.97. The smallest absolute Gasteiger partial charge is 0.309 e. The molecular weight excluding hydrogens is 244 g/mol. The van der Waals surface area contributed by atoms with Crippen molar-refractivity contribution in [3.63, 3.8) is 0 Å². The Morgan fingerprint density at radius 2 is 2.00 bits per heavy atom. The quantitative estimate of drug-likeness (QED) is 0.651. The Labute approximate surface area is 114 Å². The van der Waals surface area contributed by atoms with Gasteiger partial charge in [0.15, 0.2) is 0 Å². The van der Waals surface area contributed by atoms with E-state index in [0.29, 0.717) is 6.42 Å². The number of aliphatic hydroxyl groups is 2. The fourth-order valence-electron chi connectivity index (χ4n) is 4.80. The second kappa shape index (κ2) is 4.19. The van der Waals surface area contributed by atoms with Gasteiger partial charge in [0.05, 0.1) is 18.1 Å². The maximum absolute atomic E-state index is 11.8. The lowest BCUT2D eigenvalue weighted by atomic mass is 9.51. The maximum Gasteiger partial charge on any atom is 0.309 e. The number of carbonyl (C=O) groups is 1. The summed E-state index contributed by atoms with van der Waals surface area (Å²) in [5.74, 6) is 0.239. The van der Waals surface area contributed by atoms with Crippen LogP contribution in [0.3, 0.4) is 0 Å². The first kappa shape index (κ1) is 13.4. The molecule has 1 aliphatic heterocycles. The highest BCUT2D eigenvalue weighted by molar-refractivity contribution is 5.75. The van der Waals surface area contributed by atoms with Crippen molar-refractivity contribution in [3.8, 4) is 0 Å². The predicted octanol–water partition coefficient (Wildman–Crippen LogP) is 1.34. The van der Waals surface area contributed by atoms with Crippen LogP contribution in [0, 0.1) is 29.1 Å². The first-order valence-electron chi connectivity index (χ1n) is 7.43. The van der Waals surface area contributed by atoms with Crippen LogP contribution in [0.1, 0.15) is 40.0 Å². The molecule has 4 nitrogen and oxygen atoms in total. The van der Waals surface area contributed by atoms with Gasteiger partial charge in [0.1, 0.15) is 6.10 Å². The second-order valence-electron chi connectivity index (χ2n) is 7.10. The van der Waals surface area contributed by atoms with Crippen LogP contribution in [0.15, 0.2) is 0 Å². The first-order valence-corrected chi connectivity index (χ1v) is 7.43. The zero-order valence-electron chi connectivity index (χ0n) is 11.9. The van der Waals surface area contributed by atoms with Gasteiger partial charge in [-0.3, -0.25) is 4.79 Å². The average molecular weight is 268 g/mol. The van der Waals surface area contributed by atoms with E-state index in [1.165, 1.54) is 0 Å². The average Bonchev–Trinajstić information content (AvgIpc) is 2.63. The van der Waals surface area contributed by atoms with E-state index in [4.69, 9.17) is 4.74 Å². The number of carbonyl (C=O) groups excluding carboxylic acids is 1. The third kappa shape index (κ3) is 1.69. The molecule has 3 aliphatic rings. The fourth-order valence-corrected chi connectivity index (χ4v) is 4.80. The van der Waals surface area contributed by atoms with Crippen molar-refractivity contribution in [2.75, 3.05) is 0 Å². The van der Waals surface area contributed by atoms with Gasteiger partial charge in [-0.1, -0.05) is 20.8 Å². The Morgan fingerprint density at radius 1 is 1.32 bits per heavy atom. The minimum Gasteiger partial charge on any atom is -0.462 e. The van der Waals surface area contributed by atoms with Gasteiger partial charge in [-0.15, -0.1) is 0 Å². The molecule has 3 rings (SSSR count). The highest BCUT2D eigenvalue weighted by atomic mass is 16.6. The van der Waals surface area contributed by atoms with Crippen LogP contribution in [0.2, 0.25) is 0 Å². The molecule has 0 aromatic carbocycles. The van der Waals surface area contributed by atoms with Crippen molar-refractivity contribution >= 4 is 5.97 Å². The van der Waals surface area contributed by atoms with Gasteiger partial charge in [0.2, 0.25) is 0 Å². The van der Waals surface area contributed by atoms with Crippen molar-refractivity contribution in [1.82, 2.24) is 0 Å². The van der Waals surface area contributed by atoms with Gasteiger partial charge in [0.25, 0.3) is 0 Å². The molecule has 2 saturated carbocycles. The Bertz CT molecular complexity index is 396. The topological polar surface area (TPSA) is 66.8 Å². The van der Waals surface area contributed by atoms with E-state index in [9.17, 15) is 15.0 Å². The number of hydrogen-bond donors (Lipinski definition) is 2. The standard InChI is InChI=1S/C15H24O4/c1-7-9-4-5-15(3)11(17)6-10(16)8(2)12(15)13(9)19-14(7)18/h7-13,16-17H,4-6H2,1-3H3/t7-,8+,9-,10-,11+,12+,13-,15-/m0/s1. The van der Waals surface area contributed by atoms with Crippen LogP contribution in [-0.2, 0) is 9.53 Å². The first-order chi connectivity index (χ1) is 8.86. The lowest BCUT2D eigenvalue weighted by Crippen LogP contribution is -2.59. The molecule has 4 heteroatoms. The van der Waals surface area contributed by atoms with E-state index >= 15 is 0 Å². The van der Waals surface area contributed by atoms with Crippen molar-refractivity contribution in [3.05, 3.63) is 0 Å². The van der Waals surface area contributed by atoms with E-state index in [0.717, 1.165) is 12.8 Å². The molecule has 2 aliphatic carbocycles. The number of fused-ring (bicyclic) bond motifs is 3. The molecule has 0 amide bonds. The summed E-state index contributed by atoms with van der Waals surface area (Å²) in [6.07, 6.45) is 1.17. The zero-order valence-corrected chi connectivity index (χ0v) is 11.9. The molecule has 0 spiro atoms. The molecule has 0 aromatic heterocycles. The monoisotopic (exact) mass is 268 g/mol. The lowest BCUT2D eigenvalue weighted by Gasteiger charge is -2.55. The summed E-state index contributed by atoms with van der Waals surface area (Å²) in [6, 6.07) is 0. The van der Waals surface area contributed by atoms with E-state index < -0.39 is 12.2 Å². The summed E-state index contributed by atoms with van der Waals surface area (Å²) < 4.78 is 5.62. The number of rotatable bonds is 0. The van der Waals surface area contributed by atoms with Crippen molar-refractivity contribution in [2.24, 2.45) is 29.1 Å². The normalized spacial score (nSPS) is 57.3. The molecular formula is C15H24O4. The molecule has 1 heterocycles. The van der Waals surface area contributed by atoms with Gasteiger partial charge in [0, 0.05) is 23.7 Å². The van der Waals surface area contributed by atoms with Crippen molar-refractivity contribution in [1.29, 1.82) is 0 Å². The van der Waals surface area contributed by atoms with Crippen LogP contribution in [0.4, 0.5) is 0 Å². The third-order valence-corrected chi connectivity index (χ3v) is 6.22. The SMILES string of the molecule is C[C@H]1[C@@H]2[C@H]3OC(=O)[C@@H](C)[C@@H]3CC[C@@]2(C)[C@H](O)C[C@@H]1O. The number of aliphatic hydroxyl groups excluding tert-OH is 2. The molecule has 3 fully saturated rings. The molecule has 0 aromatic rings. The van der Waals surface area contributed by atoms with E-state index in [1.54, 1.807) is 0 Å². The lowest BCUT2D eigenvalue weighted by molar-refractivity contribution is -0.186. The minimum absolute atomic E-state index is 0.0436. The van der Waals surface area contributed by atoms with E-state index in [2.05, 4.69) is 6.92 Å². The summed E-state index contributed by atoms with van der Waals surface area (Å²) in [6.45, 7) is 6.06. The summed E-state index contributed by atoms with van der Waals surface area (Å²) in [5, 5.41) is 20.6. The Hall–Kier alpha value is -0.610.